The number of amides is 2. The van der Waals surface area contributed by atoms with Crippen molar-refractivity contribution in [2.24, 2.45) is 5.41 Å². The highest BCUT2D eigenvalue weighted by atomic mass is 16.5. The number of carbonyl (C=O) groups is 2. The van der Waals surface area contributed by atoms with Gasteiger partial charge in [0, 0.05) is 57.3 Å². The van der Waals surface area contributed by atoms with E-state index < -0.39 is 5.91 Å². The second kappa shape index (κ2) is 11.1. The van der Waals surface area contributed by atoms with E-state index in [-0.39, 0.29) is 28.7 Å². The summed E-state index contributed by atoms with van der Waals surface area (Å²) in [7, 11) is 0. The normalized spacial score (nSPS) is 14.4. The van der Waals surface area contributed by atoms with Gasteiger partial charge in [-0.25, -0.2) is 9.97 Å². The molecular weight excluding hydrogens is 462 g/mol. The number of pyridine rings is 1. The Morgan fingerprint density at radius 3 is 2.64 bits per heavy atom. The maximum atomic E-state index is 12.9. The topological polar surface area (TPSA) is 135 Å². The number of nitrogens with zero attached hydrogens (tertiary/aromatic N) is 5. The first-order valence-electron chi connectivity index (χ1n) is 12.0. The Kier molecular flexibility index (Phi) is 7.77. The molecule has 36 heavy (non-hydrogen) atoms. The van der Waals surface area contributed by atoms with Gasteiger partial charge < -0.3 is 24.7 Å². The van der Waals surface area contributed by atoms with Crippen LogP contribution in [0.4, 0.5) is 11.7 Å². The minimum Gasteiger partial charge on any atom is -0.460 e. The molecule has 11 nitrogen and oxygen atoms in total. The number of nitrogens with one attached hydrogen (secondary N) is 2. The van der Waals surface area contributed by atoms with Gasteiger partial charge >= 0.3 is 6.01 Å². The Morgan fingerprint density at radius 1 is 1.17 bits per heavy atom. The largest absolute Gasteiger partial charge is 0.460 e. The van der Waals surface area contributed by atoms with Crippen molar-refractivity contribution in [3.05, 3.63) is 54.4 Å². The molecular formula is C25H31N7O4. The molecule has 1 aliphatic heterocycles. The molecule has 2 amide bonds. The van der Waals surface area contributed by atoms with E-state index in [1.54, 1.807) is 24.5 Å². The van der Waals surface area contributed by atoms with Crippen LogP contribution in [0.1, 0.15) is 60.9 Å². The summed E-state index contributed by atoms with van der Waals surface area (Å²) in [4.78, 5) is 44.2. The average Bonchev–Trinajstić information content (AvgIpc) is 3.39. The van der Waals surface area contributed by atoms with Gasteiger partial charge in [-0.2, -0.15) is 4.98 Å². The van der Waals surface area contributed by atoms with Crippen molar-refractivity contribution < 1.29 is 18.7 Å². The van der Waals surface area contributed by atoms with Crippen molar-refractivity contribution in [3.8, 4) is 6.01 Å². The average molecular weight is 494 g/mol. The van der Waals surface area contributed by atoms with Crippen LogP contribution in [0.25, 0.3) is 0 Å². The van der Waals surface area contributed by atoms with Crippen LogP contribution in [0, 0.1) is 5.41 Å². The summed E-state index contributed by atoms with van der Waals surface area (Å²) < 4.78 is 11.4. The van der Waals surface area contributed by atoms with Crippen LogP contribution in [-0.4, -0.2) is 57.5 Å². The summed E-state index contributed by atoms with van der Waals surface area (Å²) >= 11 is 0. The Labute approximate surface area is 209 Å². The van der Waals surface area contributed by atoms with E-state index in [2.05, 4.69) is 51.3 Å². The molecule has 0 unspecified atom stereocenters. The van der Waals surface area contributed by atoms with E-state index in [1.807, 2.05) is 4.90 Å². The lowest BCUT2D eigenvalue weighted by atomic mass is 9.90. The lowest BCUT2D eigenvalue weighted by molar-refractivity contribution is 0.0936. The molecule has 4 rings (SSSR count). The number of ether oxygens (including phenoxy) is 1. The lowest BCUT2D eigenvalue weighted by Crippen LogP contribution is -2.38. The molecule has 1 aliphatic rings. The SMILES string of the molecule is CCC(C)(C)CNC(=O)c1cnccc1NC(=O)c1coc(N2CCC(Oc3ncccn3)CC2)n1. The van der Waals surface area contributed by atoms with Crippen molar-refractivity contribution in [2.75, 3.05) is 29.9 Å². The zero-order valence-corrected chi connectivity index (χ0v) is 20.7. The van der Waals surface area contributed by atoms with E-state index >= 15 is 0 Å². The number of piperidine rings is 1. The zero-order chi connectivity index (χ0) is 25.5. The molecule has 0 spiro atoms. The third-order valence-electron chi connectivity index (χ3n) is 6.25. The molecule has 1 fully saturated rings. The molecule has 190 valence electrons. The quantitative estimate of drug-likeness (QED) is 0.460. The number of hydrogen-bond acceptors (Lipinski definition) is 9. The molecule has 0 atom stereocenters. The van der Waals surface area contributed by atoms with Gasteiger partial charge in [-0.3, -0.25) is 14.6 Å². The third kappa shape index (κ3) is 6.35. The van der Waals surface area contributed by atoms with Gasteiger partial charge in [0.15, 0.2) is 5.69 Å². The fourth-order valence-electron chi connectivity index (χ4n) is 3.58. The minimum absolute atomic E-state index is 0.000500. The Bertz CT molecular complexity index is 1170. The molecule has 1 saturated heterocycles. The summed E-state index contributed by atoms with van der Waals surface area (Å²) in [5.41, 5.74) is 0.726. The standard InChI is InChI=1S/C25H31N7O4/c1-4-25(2,3)16-29-21(33)18-14-26-11-6-19(18)30-22(34)20-15-35-24(31-20)32-12-7-17(8-13-32)36-23-27-9-5-10-28-23/h5-6,9-11,14-15,17H,4,7-8,12-13,16H2,1-3H3,(H,29,33)(H,26,30,34). The van der Waals surface area contributed by atoms with Crippen molar-refractivity contribution in [1.82, 2.24) is 25.3 Å². The van der Waals surface area contributed by atoms with Crippen molar-refractivity contribution in [2.45, 2.75) is 46.1 Å². The maximum Gasteiger partial charge on any atom is 0.316 e. The number of oxazole rings is 1. The predicted octanol–water partition coefficient (Wildman–Crippen LogP) is 3.33. The van der Waals surface area contributed by atoms with Gasteiger partial charge in [0.2, 0.25) is 0 Å². The second-order valence-corrected chi connectivity index (χ2v) is 9.43. The van der Waals surface area contributed by atoms with Crippen LogP contribution in [-0.2, 0) is 0 Å². The highest BCUT2D eigenvalue weighted by molar-refractivity contribution is 6.08. The first-order valence-corrected chi connectivity index (χ1v) is 12.0. The Hall–Kier alpha value is -4.02. The molecule has 0 aliphatic carbocycles. The predicted molar refractivity (Wildman–Crippen MR) is 133 cm³/mol. The van der Waals surface area contributed by atoms with E-state index in [1.165, 1.54) is 18.7 Å². The highest BCUT2D eigenvalue weighted by Crippen LogP contribution is 2.23. The van der Waals surface area contributed by atoms with Gasteiger partial charge in [-0.1, -0.05) is 20.8 Å². The molecule has 0 saturated carbocycles. The van der Waals surface area contributed by atoms with E-state index in [0.717, 1.165) is 19.3 Å². The summed E-state index contributed by atoms with van der Waals surface area (Å²) in [6.45, 7) is 8.05. The van der Waals surface area contributed by atoms with Crippen molar-refractivity contribution in [1.29, 1.82) is 0 Å². The Morgan fingerprint density at radius 2 is 1.92 bits per heavy atom. The van der Waals surface area contributed by atoms with E-state index in [0.29, 0.717) is 37.3 Å². The smallest absolute Gasteiger partial charge is 0.316 e. The molecule has 0 aromatic carbocycles. The molecule has 11 heteroatoms. The highest BCUT2D eigenvalue weighted by Gasteiger charge is 2.26. The van der Waals surface area contributed by atoms with Crippen molar-refractivity contribution >= 4 is 23.5 Å². The first-order chi connectivity index (χ1) is 17.3. The van der Waals surface area contributed by atoms with E-state index in [4.69, 9.17) is 9.15 Å². The Balaban J connectivity index is 1.34. The van der Waals surface area contributed by atoms with Crippen LogP contribution in [0.5, 0.6) is 6.01 Å². The van der Waals surface area contributed by atoms with Crippen LogP contribution in [0.2, 0.25) is 0 Å². The summed E-state index contributed by atoms with van der Waals surface area (Å²) in [5, 5.41) is 5.68. The third-order valence-corrected chi connectivity index (χ3v) is 6.25. The van der Waals surface area contributed by atoms with Crippen LogP contribution in [0.3, 0.4) is 0 Å². The number of aromatic nitrogens is 4. The first kappa shape index (κ1) is 25.1. The summed E-state index contributed by atoms with van der Waals surface area (Å²) in [6.07, 6.45) is 9.96. The molecule has 2 N–H and O–H groups in total. The van der Waals surface area contributed by atoms with Crippen molar-refractivity contribution in [3.63, 3.8) is 0 Å². The molecule has 0 radical (unpaired) electrons. The molecule has 4 heterocycles. The number of rotatable bonds is 9. The zero-order valence-electron chi connectivity index (χ0n) is 20.7. The van der Waals surface area contributed by atoms with Crippen LogP contribution >= 0.6 is 0 Å². The van der Waals surface area contributed by atoms with Gasteiger partial charge in [-0.05, 0) is 24.0 Å². The van der Waals surface area contributed by atoms with Crippen LogP contribution in [0.15, 0.2) is 47.6 Å². The van der Waals surface area contributed by atoms with E-state index in [9.17, 15) is 9.59 Å². The maximum absolute atomic E-state index is 12.9. The fourth-order valence-corrected chi connectivity index (χ4v) is 3.58. The number of anilines is 2. The second-order valence-electron chi connectivity index (χ2n) is 9.43. The van der Waals surface area contributed by atoms with Gasteiger partial charge in [0.25, 0.3) is 17.8 Å². The summed E-state index contributed by atoms with van der Waals surface area (Å²) in [6, 6.07) is 4.05. The lowest BCUT2D eigenvalue weighted by Gasteiger charge is -2.30. The minimum atomic E-state index is -0.474. The van der Waals surface area contributed by atoms with Gasteiger partial charge in [-0.15, -0.1) is 0 Å². The molecule has 3 aromatic rings. The monoisotopic (exact) mass is 493 g/mol. The summed E-state index contributed by atoms with van der Waals surface area (Å²) in [5.74, 6) is -0.773. The van der Waals surface area contributed by atoms with Crippen LogP contribution < -0.4 is 20.3 Å². The van der Waals surface area contributed by atoms with Gasteiger partial charge in [0.05, 0.1) is 11.3 Å². The number of carbonyl (C=O) groups excluding carboxylic acids is 2. The fraction of sp³-hybridized carbons (Fsp3) is 0.440. The number of hydrogen-bond donors (Lipinski definition) is 2. The molecule has 0 bridgehead atoms. The van der Waals surface area contributed by atoms with Gasteiger partial charge in [0.1, 0.15) is 12.4 Å². The molecule has 3 aromatic heterocycles.